The highest BCUT2D eigenvalue weighted by Crippen LogP contribution is 2.13. The number of halogens is 1. The summed E-state index contributed by atoms with van der Waals surface area (Å²) in [5, 5.41) is 3.21. The molecule has 5 heteroatoms. The molecule has 0 spiro atoms. The van der Waals surface area contributed by atoms with Crippen LogP contribution in [0.2, 0.25) is 0 Å². The molecule has 4 nitrogen and oxygen atoms in total. The number of methoxy groups -OCH3 is 1. The molecule has 0 aliphatic carbocycles. The third-order valence-electron chi connectivity index (χ3n) is 3.15. The number of rotatable bonds is 6. The first-order valence-corrected chi connectivity index (χ1v) is 6.49. The van der Waals surface area contributed by atoms with E-state index in [1.807, 2.05) is 19.2 Å². The van der Waals surface area contributed by atoms with Crippen LogP contribution in [0.25, 0.3) is 0 Å². The highest BCUT2D eigenvalue weighted by molar-refractivity contribution is 5.24. The minimum Gasteiger partial charge on any atom is -0.495 e. The van der Waals surface area contributed by atoms with E-state index in [1.165, 1.54) is 17.3 Å². The SMILES string of the molecule is COc1cnc(F)c(CNCCc2ccncc2C)c1. The molecular formula is C15H18FN3O. The smallest absolute Gasteiger partial charge is 0.217 e. The lowest BCUT2D eigenvalue weighted by Gasteiger charge is -2.08. The molecule has 0 fully saturated rings. The lowest BCUT2D eigenvalue weighted by atomic mass is 10.1. The largest absolute Gasteiger partial charge is 0.495 e. The lowest BCUT2D eigenvalue weighted by molar-refractivity contribution is 0.408. The molecule has 0 aliphatic heterocycles. The third-order valence-corrected chi connectivity index (χ3v) is 3.15. The van der Waals surface area contributed by atoms with Gasteiger partial charge in [0.25, 0.3) is 0 Å². The average molecular weight is 275 g/mol. The summed E-state index contributed by atoms with van der Waals surface area (Å²) in [5.41, 5.74) is 2.93. The van der Waals surface area contributed by atoms with Crippen LogP contribution in [-0.4, -0.2) is 23.6 Å². The Morgan fingerprint density at radius 3 is 2.90 bits per heavy atom. The van der Waals surface area contributed by atoms with E-state index in [4.69, 9.17) is 4.74 Å². The molecule has 2 aromatic rings. The summed E-state index contributed by atoms with van der Waals surface area (Å²) in [6, 6.07) is 3.66. The Morgan fingerprint density at radius 2 is 2.15 bits per heavy atom. The Hall–Kier alpha value is -2.01. The summed E-state index contributed by atoms with van der Waals surface area (Å²) in [7, 11) is 1.54. The van der Waals surface area contributed by atoms with Crippen molar-refractivity contribution in [3.63, 3.8) is 0 Å². The van der Waals surface area contributed by atoms with Gasteiger partial charge in [-0.25, -0.2) is 4.98 Å². The van der Waals surface area contributed by atoms with Crippen molar-refractivity contribution >= 4 is 0 Å². The van der Waals surface area contributed by atoms with E-state index in [9.17, 15) is 4.39 Å². The molecule has 0 aromatic carbocycles. The minimum atomic E-state index is -0.460. The Labute approximate surface area is 118 Å². The predicted molar refractivity (Wildman–Crippen MR) is 75.1 cm³/mol. The Kier molecular flexibility index (Phi) is 5.01. The fourth-order valence-electron chi connectivity index (χ4n) is 1.94. The van der Waals surface area contributed by atoms with Gasteiger partial charge < -0.3 is 10.1 Å². The van der Waals surface area contributed by atoms with Gasteiger partial charge in [0.15, 0.2) is 0 Å². The highest BCUT2D eigenvalue weighted by atomic mass is 19.1. The van der Waals surface area contributed by atoms with E-state index in [0.29, 0.717) is 17.9 Å². The van der Waals surface area contributed by atoms with Crippen LogP contribution in [0.5, 0.6) is 5.75 Å². The molecule has 0 saturated carbocycles. The summed E-state index contributed by atoms with van der Waals surface area (Å²) in [6.45, 7) is 3.23. The number of nitrogens with zero attached hydrogens (tertiary/aromatic N) is 2. The van der Waals surface area contributed by atoms with Gasteiger partial charge in [0.05, 0.1) is 13.3 Å². The number of ether oxygens (including phenoxy) is 1. The lowest BCUT2D eigenvalue weighted by Crippen LogP contribution is -2.18. The van der Waals surface area contributed by atoms with Gasteiger partial charge in [0.2, 0.25) is 5.95 Å². The van der Waals surface area contributed by atoms with Gasteiger partial charge in [-0.15, -0.1) is 0 Å². The van der Waals surface area contributed by atoms with Crippen molar-refractivity contribution < 1.29 is 9.13 Å². The number of pyridine rings is 2. The van der Waals surface area contributed by atoms with E-state index in [-0.39, 0.29) is 0 Å². The summed E-state index contributed by atoms with van der Waals surface area (Å²) in [6.07, 6.45) is 5.89. The topological polar surface area (TPSA) is 47.0 Å². The zero-order chi connectivity index (χ0) is 14.4. The Bertz CT molecular complexity index is 575. The van der Waals surface area contributed by atoms with Crippen LogP contribution in [0.4, 0.5) is 4.39 Å². The number of aromatic nitrogens is 2. The maximum absolute atomic E-state index is 13.5. The summed E-state index contributed by atoms with van der Waals surface area (Å²) < 4.78 is 18.5. The molecule has 2 rings (SSSR count). The molecule has 0 aliphatic rings. The zero-order valence-electron chi connectivity index (χ0n) is 11.7. The van der Waals surface area contributed by atoms with Crippen molar-refractivity contribution in [2.75, 3.05) is 13.7 Å². The van der Waals surface area contributed by atoms with Crippen molar-refractivity contribution in [3.8, 4) is 5.75 Å². The van der Waals surface area contributed by atoms with E-state index < -0.39 is 5.95 Å². The van der Waals surface area contributed by atoms with Gasteiger partial charge in [-0.3, -0.25) is 4.98 Å². The van der Waals surface area contributed by atoms with Crippen LogP contribution in [0.15, 0.2) is 30.7 Å². The van der Waals surface area contributed by atoms with Crippen LogP contribution >= 0.6 is 0 Å². The first kappa shape index (κ1) is 14.4. The highest BCUT2D eigenvalue weighted by Gasteiger charge is 2.05. The first-order valence-electron chi connectivity index (χ1n) is 6.49. The molecule has 0 bridgehead atoms. The zero-order valence-corrected chi connectivity index (χ0v) is 11.7. The Balaban J connectivity index is 1.86. The van der Waals surface area contributed by atoms with Crippen molar-refractivity contribution in [1.29, 1.82) is 0 Å². The van der Waals surface area contributed by atoms with E-state index in [2.05, 4.69) is 15.3 Å². The summed E-state index contributed by atoms with van der Waals surface area (Å²) in [4.78, 5) is 7.72. The van der Waals surface area contributed by atoms with E-state index >= 15 is 0 Å². The van der Waals surface area contributed by atoms with Crippen LogP contribution in [0.1, 0.15) is 16.7 Å². The van der Waals surface area contributed by atoms with Crippen molar-refractivity contribution in [2.24, 2.45) is 0 Å². The molecule has 0 amide bonds. The second kappa shape index (κ2) is 6.96. The van der Waals surface area contributed by atoms with Gasteiger partial charge in [0.1, 0.15) is 5.75 Å². The van der Waals surface area contributed by atoms with E-state index in [1.54, 1.807) is 19.4 Å². The van der Waals surface area contributed by atoms with Gasteiger partial charge in [-0.2, -0.15) is 4.39 Å². The van der Waals surface area contributed by atoms with Crippen LogP contribution in [0.3, 0.4) is 0 Å². The van der Waals surface area contributed by atoms with Gasteiger partial charge in [-0.05, 0) is 43.1 Å². The van der Waals surface area contributed by atoms with E-state index in [0.717, 1.165) is 13.0 Å². The molecule has 1 N–H and O–H groups in total. The second-order valence-electron chi connectivity index (χ2n) is 4.55. The van der Waals surface area contributed by atoms with Crippen LogP contribution in [-0.2, 0) is 13.0 Å². The molecule has 20 heavy (non-hydrogen) atoms. The van der Waals surface area contributed by atoms with Crippen molar-refractivity contribution in [1.82, 2.24) is 15.3 Å². The fourth-order valence-corrected chi connectivity index (χ4v) is 1.94. The quantitative estimate of drug-likeness (QED) is 0.649. The molecule has 2 aromatic heterocycles. The summed E-state index contributed by atoms with van der Waals surface area (Å²) >= 11 is 0. The number of hydrogen-bond acceptors (Lipinski definition) is 4. The first-order chi connectivity index (χ1) is 9.70. The molecule has 0 saturated heterocycles. The molecule has 0 unspecified atom stereocenters. The second-order valence-corrected chi connectivity index (χ2v) is 4.55. The van der Waals surface area contributed by atoms with Gasteiger partial charge in [0, 0.05) is 24.5 Å². The summed E-state index contributed by atoms with van der Waals surface area (Å²) in [5.74, 6) is 0.103. The normalized spacial score (nSPS) is 10.6. The molecule has 106 valence electrons. The molecule has 2 heterocycles. The van der Waals surface area contributed by atoms with Gasteiger partial charge in [-0.1, -0.05) is 0 Å². The monoisotopic (exact) mass is 275 g/mol. The van der Waals surface area contributed by atoms with Crippen LogP contribution in [0, 0.1) is 12.9 Å². The number of nitrogens with one attached hydrogen (secondary N) is 1. The fraction of sp³-hybridized carbons (Fsp3) is 0.333. The van der Waals surface area contributed by atoms with Crippen LogP contribution < -0.4 is 10.1 Å². The van der Waals surface area contributed by atoms with Gasteiger partial charge >= 0.3 is 0 Å². The molecule has 0 radical (unpaired) electrons. The van der Waals surface area contributed by atoms with Crippen molar-refractivity contribution in [3.05, 3.63) is 53.4 Å². The maximum Gasteiger partial charge on any atom is 0.217 e. The standard InChI is InChI=1S/C15H18FN3O/c1-11-8-17-5-3-12(11)4-6-18-9-13-7-14(20-2)10-19-15(13)16/h3,5,7-8,10,18H,4,6,9H2,1-2H3. The molecule has 0 atom stereocenters. The maximum atomic E-state index is 13.5. The van der Waals surface area contributed by atoms with Crippen molar-refractivity contribution in [2.45, 2.75) is 19.9 Å². The molecular weight excluding hydrogens is 257 g/mol. The predicted octanol–water partition coefficient (Wildman–Crippen LogP) is 2.27. The third kappa shape index (κ3) is 3.74. The average Bonchev–Trinajstić information content (AvgIpc) is 2.47. The number of hydrogen-bond donors (Lipinski definition) is 1. The number of aryl methyl sites for hydroxylation is 1. The Morgan fingerprint density at radius 1 is 1.30 bits per heavy atom. The minimum absolute atomic E-state index is 0.431.